The van der Waals surface area contributed by atoms with Crippen molar-refractivity contribution in [3.8, 4) is 5.75 Å². The second-order valence-electron chi connectivity index (χ2n) is 3.15. The third kappa shape index (κ3) is 4.32. The average Bonchev–Trinajstić information content (AvgIpc) is 2.23. The van der Waals surface area contributed by atoms with Crippen LogP contribution in [0, 0.1) is 0 Å². The molecule has 7 heteroatoms. The Balaban J connectivity index is 2.94. The fourth-order valence-corrected chi connectivity index (χ4v) is 3.01. The molecule has 0 heterocycles. The fraction of sp³-hybridized carbons (Fsp3) is 0.300. The zero-order chi connectivity index (χ0) is 13.0. The summed E-state index contributed by atoms with van der Waals surface area (Å²) in [4.78, 5) is 10.6. The predicted octanol–water partition coefficient (Wildman–Crippen LogP) is 4.02. The van der Waals surface area contributed by atoms with Crippen molar-refractivity contribution in [1.29, 1.82) is 0 Å². The maximum absolute atomic E-state index is 10.6. The van der Waals surface area contributed by atoms with E-state index in [9.17, 15) is 4.79 Å². The Kier molecular flexibility index (Phi) is 6.06. The van der Waals surface area contributed by atoms with Crippen molar-refractivity contribution in [3.63, 3.8) is 0 Å². The lowest BCUT2D eigenvalue weighted by molar-refractivity contribution is -0.136. The molecule has 1 aromatic rings. The predicted molar refractivity (Wildman–Crippen MR) is 74.2 cm³/mol. The number of rotatable bonds is 5. The molecule has 1 aromatic carbocycles. The summed E-state index contributed by atoms with van der Waals surface area (Å²) in [7, 11) is 0. The molecule has 0 aromatic heterocycles. The first-order valence-electron chi connectivity index (χ1n) is 4.49. The first-order chi connectivity index (χ1) is 7.95. The van der Waals surface area contributed by atoms with Crippen LogP contribution >= 0.6 is 55.1 Å². The number of benzene rings is 1. The first-order valence-corrected chi connectivity index (χ1v) is 7.05. The highest BCUT2D eigenvalue weighted by molar-refractivity contribution is 9.11. The molecule has 0 spiro atoms. The lowest BCUT2D eigenvalue weighted by Crippen LogP contribution is -2.16. The normalized spacial score (nSPS) is 12.2. The monoisotopic (exact) mass is 404 g/mol. The summed E-state index contributed by atoms with van der Waals surface area (Å²) < 4.78 is 6.58. The first kappa shape index (κ1) is 15.1. The molecular formula is C10H8Br2Cl2O3. The number of alkyl halides is 2. The van der Waals surface area contributed by atoms with Crippen molar-refractivity contribution in [2.75, 3.05) is 6.07 Å². The second kappa shape index (κ2) is 6.83. The van der Waals surface area contributed by atoms with E-state index in [0.29, 0.717) is 14.7 Å². The molecule has 0 amide bonds. The maximum atomic E-state index is 10.6. The maximum Gasteiger partial charge on any atom is 0.321 e. The van der Waals surface area contributed by atoms with E-state index in [1.54, 1.807) is 12.1 Å². The fourth-order valence-electron chi connectivity index (χ4n) is 1.22. The van der Waals surface area contributed by atoms with Gasteiger partial charge in [-0.1, -0.05) is 11.6 Å². The molecule has 17 heavy (non-hydrogen) atoms. The lowest BCUT2D eigenvalue weighted by atomic mass is 10.1. The van der Waals surface area contributed by atoms with E-state index in [4.69, 9.17) is 33.0 Å². The summed E-state index contributed by atoms with van der Waals surface area (Å²) in [6.45, 7) is 0. The van der Waals surface area contributed by atoms with Gasteiger partial charge in [0.15, 0.2) is 6.07 Å². The van der Waals surface area contributed by atoms with Gasteiger partial charge in [-0.15, -0.1) is 11.6 Å². The number of carboxylic acids is 1. The summed E-state index contributed by atoms with van der Waals surface area (Å²) in [5.74, 6) is -0.467. The van der Waals surface area contributed by atoms with E-state index in [1.165, 1.54) is 0 Å². The zero-order valence-electron chi connectivity index (χ0n) is 8.42. The molecule has 0 aliphatic rings. The quantitative estimate of drug-likeness (QED) is 0.751. The number of carbonyl (C=O) groups is 1. The largest absolute Gasteiger partial charge is 0.480 e. The molecule has 1 atom stereocenters. The Morgan fingerprint density at radius 1 is 1.41 bits per heavy atom. The highest BCUT2D eigenvalue weighted by Crippen LogP contribution is 2.35. The molecule has 1 rings (SSSR count). The van der Waals surface area contributed by atoms with E-state index >= 15 is 0 Å². The van der Waals surface area contributed by atoms with Crippen LogP contribution in [-0.4, -0.2) is 22.5 Å². The standard InChI is InChI=1S/C10H8Br2Cl2O3/c11-6-1-5(3-8(14)10(15)16)2-7(12)9(6)17-4-13/h1-2,8H,3-4H2,(H,15,16). The van der Waals surface area contributed by atoms with Gasteiger partial charge in [-0.25, -0.2) is 0 Å². The van der Waals surface area contributed by atoms with Crippen LogP contribution in [0.15, 0.2) is 21.1 Å². The summed E-state index contributed by atoms with van der Waals surface area (Å²) >= 11 is 17.8. The molecule has 0 fully saturated rings. The van der Waals surface area contributed by atoms with Gasteiger partial charge >= 0.3 is 5.97 Å². The SMILES string of the molecule is O=C(O)C(Cl)Cc1cc(Br)c(OCCl)c(Br)c1. The lowest BCUT2D eigenvalue weighted by Gasteiger charge is -2.11. The van der Waals surface area contributed by atoms with E-state index in [-0.39, 0.29) is 12.5 Å². The topological polar surface area (TPSA) is 46.5 Å². The molecular weight excluding hydrogens is 399 g/mol. The van der Waals surface area contributed by atoms with Crippen LogP contribution in [0.1, 0.15) is 5.56 Å². The highest BCUT2D eigenvalue weighted by Gasteiger charge is 2.16. The van der Waals surface area contributed by atoms with Crippen LogP contribution in [-0.2, 0) is 11.2 Å². The van der Waals surface area contributed by atoms with Crippen molar-refractivity contribution in [3.05, 3.63) is 26.6 Å². The number of carboxylic acid groups (broad SMARTS) is 1. The van der Waals surface area contributed by atoms with Crippen molar-refractivity contribution >= 4 is 61.0 Å². The summed E-state index contributed by atoms with van der Waals surface area (Å²) in [5.41, 5.74) is 0.785. The van der Waals surface area contributed by atoms with Crippen molar-refractivity contribution in [1.82, 2.24) is 0 Å². The summed E-state index contributed by atoms with van der Waals surface area (Å²) in [6.07, 6.45) is 0.231. The van der Waals surface area contributed by atoms with Crippen LogP contribution < -0.4 is 4.74 Å². The molecule has 0 bridgehead atoms. The Morgan fingerprint density at radius 2 is 1.94 bits per heavy atom. The van der Waals surface area contributed by atoms with E-state index in [0.717, 1.165) is 5.56 Å². The van der Waals surface area contributed by atoms with Crippen LogP contribution in [0.5, 0.6) is 5.75 Å². The Hall–Kier alpha value is 0.0300. The van der Waals surface area contributed by atoms with Gasteiger partial charge in [0, 0.05) is 0 Å². The number of hydrogen-bond acceptors (Lipinski definition) is 2. The molecule has 0 radical (unpaired) electrons. The van der Waals surface area contributed by atoms with Gasteiger partial charge in [-0.2, -0.15) is 0 Å². The van der Waals surface area contributed by atoms with E-state index < -0.39 is 11.3 Å². The Bertz CT molecular complexity index is 403. The number of halogens is 4. The van der Waals surface area contributed by atoms with E-state index in [2.05, 4.69) is 31.9 Å². The third-order valence-corrected chi connectivity index (χ3v) is 3.57. The van der Waals surface area contributed by atoms with Crippen LogP contribution in [0.25, 0.3) is 0 Å². The van der Waals surface area contributed by atoms with Gasteiger partial charge in [0.2, 0.25) is 0 Å². The molecule has 1 unspecified atom stereocenters. The van der Waals surface area contributed by atoms with Gasteiger partial charge in [-0.05, 0) is 56.0 Å². The minimum absolute atomic E-state index is 0.0316. The highest BCUT2D eigenvalue weighted by atomic mass is 79.9. The average molecular weight is 407 g/mol. The van der Waals surface area contributed by atoms with Crippen molar-refractivity contribution in [2.45, 2.75) is 11.8 Å². The van der Waals surface area contributed by atoms with Crippen molar-refractivity contribution < 1.29 is 14.6 Å². The van der Waals surface area contributed by atoms with Crippen LogP contribution in [0.4, 0.5) is 0 Å². The van der Waals surface area contributed by atoms with Gasteiger partial charge < -0.3 is 9.84 Å². The molecule has 0 aliphatic heterocycles. The second-order valence-corrected chi connectivity index (χ2v) is 5.61. The number of ether oxygens (including phenoxy) is 1. The minimum atomic E-state index is -1.04. The summed E-state index contributed by atoms with van der Waals surface area (Å²) in [6, 6.07) is 3.54. The number of hydrogen-bond donors (Lipinski definition) is 1. The molecule has 0 saturated heterocycles. The summed E-state index contributed by atoms with van der Waals surface area (Å²) in [5, 5.41) is 7.77. The minimum Gasteiger partial charge on any atom is -0.480 e. The molecule has 1 N–H and O–H groups in total. The van der Waals surface area contributed by atoms with Gasteiger partial charge in [0.1, 0.15) is 11.1 Å². The molecule has 3 nitrogen and oxygen atoms in total. The van der Waals surface area contributed by atoms with Crippen LogP contribution in [0.3, 0.4) is 0 Å². The Morgan fingerprint density at radius 3 is 2.35 bits per heavy atom. The molecule has 94 valence electrons. The molecule has 0 aliphatic carbocycles. The Labute approximate surface area is 125 Å². The van der Waals surface area contributed by atoms with Crippen LogP contribution in [0.2, 0.25) is 0 Å². The van der Waals surface area contributed by atoms with E-state index in [1.807, 2.05) is 0 Å². The number of aliphatic carboxylic acids is 1. The van der Waals surface area contributed by atoms with Gasteiger partial charge in [0.25, 0.3) is 0 Å². The molecule has 0 saturated carbocycles. The van der Waals surface area contributed by atoms with Crippen molar-refractivity contribution in [2.24, 2.45) is 0 Å². The van der Waals surface area contributed by atoms with Gasteiger partial charge in [-0.3, -0.25) is 4.79 Å². The zero-order valence-corrected chi connectivity index (χ0v) is 13.1. The third-order valence-electron chi connectivity index (χ3n) is 1.94. The van der Waals surface area contributed by atoms with Gasteiger partial charge in [0.05, 0.1) is 8.95 Å². The smallest absolute Gasteiger partial charge is 0.321 e.